The largest absolute Gasteiger partial charge is 1.00 e. The van der Waals surface area contributed by atoms with Gasteiger partial charge in [-0.2, -0.15) is 0 Å². The average molecular weight is 2280 g/mol. The average Bonchev–Trinajstić information content (AvgIpc) is 0.831. The highest BCUT2D eigenvalue weighted by molar-refractivity contribution is 5.86. The Kier molecular flexibility index (Phi) is 88.0. The Morgan fingerprint density at radius 1 is 0.305 bits per heavy atom. The SMILES string of the molecule is C=CCN(CC=C)CC[N+](CC=C)(CC=C)Cc1ccccc1.CC(c1cccc2ccccc12)N(C)C.CCCN(CCC)CCCC[N+](CCC)(CCC)Cc1ccccc1.CCN(CC)CCC[N+](CC)(CC)Cc1ccccc1.CN(C)CCCCCC[N+](C)(C)Cc1ccccc1.CN(C)Cc1ccc(O)cc1.OCCN(CCO)CC[N+](CCO)(CCO)Cc1ccccc1.[Br-].[Br-].[Br-].[Br-].[Br-]. The van der Waals surface area contributed by atoms with Gasteiger partial charge in [-0.25, -0.2) is 0 Å². The Bertz CT molecular complexity index is 4130. The van der Waals surface area contributed by atoms with E-state index in [1.54, 1.807) is 12.1 Å². The van der Waals surface area contributed by atoms with Gasteiger partial charge in [0.2, 0.25) is 0 Å². The number of aromatic hydroxyl groups is 1. The molecule has 0 spiro atoms. The van der Waals surface area contributed by atoms with E-state index in [2.05, 4.69) is 336 Å². The molecular formula is C119H199Br5N12O5. The third-order valence-corrected chi connectivity index (χ3v) is 26.2. The number of hydrogen-bond acceptors (Lipinski definition) is 12. The molecule has 22 heteroatoms. The van der Waals surface area contributed by atoms with Gasteiger partial charge in [0.25, 0.3) is 0 Å². The number of benzene rings is 8. The van der Waals surface area contributed by atoms with Crippen LogP contribution < -0.4 is 84.9 Å². The van der Waals surface area contributed by atoms with E-state index < -0.39 is 0 Å². The minimum Gasteiger partial charge on any atom is -1.00 e. The van der Waals surface area contributed by atoms with Gasteiger partial charge in [-0.1, -0.05) is 280 Å². The van der Waals surface area contributed by atoms with E-state index in [9.17, 15) is 10.2 Å². The monoisotopic (exact) mass is 2270 g/mol. The van der Waals surface area contributed by atoms with Gasteiger partial charge >= 0.3 is 0 Å². The van der Waals surface area contributed by atoms with E-state index in [1.807, 2.05) is 73.6 Å². The summed E-state index contributed by atoms with van der Waals surface area (Å²) in [4.78, 5) is 16.2. The first-order valence-electron chi connectivity index (χ1n) is 52.1. The van der Waals surface area contributed by atoms with E-state index >= 15 is 0 Å². The molecule has 0 heterocycles. The molecule has 17 nitrogen and oxygen atoms in total. The van der Waals surface area contributed by atoms with Crippen LogP contribution in [-0.4, -0.2) is 335 Å². The van der Waals surface area contributed by atoms with Crippen molar-refractivity contribution in [3.63, 3.8) is 0 Å². The second-order valence-electron chi connectivity index (χ2n) is 38.9. The fraction of sp³-hybridized carbons (Fsp3) is 0.546. The maximum Gasteiger partial charge on any atom is 0.115 e. The molecule has 800 valence electrons. The van der Waals surface area contributed by atoms with Gasteiger partial charge < -0.3 is 157 Å². The van der Waals surface area contributed by atoms with E-state index in [-0.39, 0.29) is 111 Å². The maximum absolute atomic E-state index is 9.49. The molecule has 0 bridgehead atoms. The van der Waals surface area contributed by atoms with Crippen LogP contribution in [0.15, 0.2) is 269 Å². The normalized spacial score (nSPS) is 11.5. The van der Waals surface area contributed by atoms with Gasteiger partial charge in [0.1, 0.15) is 51.6 Å². The summed E-state index contributed by atoms with van der Waals surface area (Å²) >= 11 is 0. The molecule has 5 N–H and O–H groups in total. The Morgan fingerprint density at radius 3 is 1.09 bits per heavy atom. The highest BCUT2D eigenvalue weighted by atomic mass is 79.9. The van der Waals surface area contributed by atoms with Crippen LogP contribution in [0, 0.1) is 0 Å². The molecule has 0 fully saturated rings. The van der Waals surface area contributed by atoms with Crippen LogP contribution in [0.2, 0.25) is 0 Å². The Labute approximate surface area is 915 Å². The van der Waals surface area contributed by atoms with Gasteiger partial charge in [-0.15, -0.1) is 13.2 Å². The topological polar surface area (TPSA) is 124 Å². The molecule has 0 saturated carbocycles. The summed E-state index contributed by atoms with van der Waals surface area (Å²) < 4.78 is 5.12. The first-order valence-corrected chi connectivity index (χ1v) is 52.1. The van der Waals surface area contributed by atoms with Crippen LogP contribution in [-0.2, 0) is 39.3 Å². The lowest BCUT2D eigenvalue weighted by atomic mass is 9.99. The molecule has 0 aliphatic carbocycles. The van der Waals surface area contributed by atoms with Gasteiger partial charge in [0.05, 0.1) is 113 Å². The number of fused-ring (bicyclic) bond motifs is 1. The van der Waals surface area contributed by atoms with Crippen molar-refractivity contribution < 1.29 is 133 Å². The number of aliphatic hydroxyl groups excluding tert-OH is 4. The van der Waals surface area contributed by atoms with E-state index in [4.69, 9.17) is 15.3 Å². The minimum atomic E-state index is 0. The Morgan fingerprint density at radius 2 is 0.681 bits per heavy atom. The number of hydrogen-bond donors (Lipinski definition) is 5. The van der Waals surface area contributed by atoms with Crippen LogP contribution in [0.1, 0.15) is 178 Å². The molecule has 1 unspecified atom stereocenters. The smallest absolute Gasteiger partial charge is 0.115 e. The first-order chi connectivity index (χ1) is 65.6. The standard InChI is InChI=1S/C23H43N2.C21H31N2.C18H33N2.C17H31N2O4.C17H31N2.C14H17N.C9H13NO.5BrH/c1-5-16-24(17-6-2)18-12-13-21-25(19-7-3,20-8-4)22-23-14-10-9-11-15-23;1-5-14-22(15-6-2)16-19-23(17-7-3,18-8-4)20-21-12-10-9-11-13-21;1-5-19(6-2)15-12-16-20(7-3,8-4)17-18-13-10-9-11-14-18;20-12-7-18(8-13-21)6-9-19(10-14-22,11-15-23)16-17-4-2-1-3-5-17;1-18(2)14-10-5-6-11-15-19(3,4)16-17-12-8-7-9-13-17;1-11(15(2)3)13-10-6-8-12-7-4-5-9-14(12)13;1-10(2)7-8-3-5-9(11)6-4-8;;;;;/h9-11,14-15H,5-8,12-13,16-22H2,1-4H3;5-13H,1-4,14-20H2;9-11,13-14H,5-8,12,15-17H2,1-4H3;1-5,20-23H,6-16H2;7-9,12-13H,5-6,10-11,14-16H2,1-4H3;4-11H,1-3H3;3-6,11H,7H2,1-2H3;5*1H/q5*+1;;;;;;;/p-5. The zero-order chi connectivity index (χ0) is 100. The van der Waals surface area contributed by atoms with E-state index in [0.29, 0.717) is 49.0 Å². The number of phenols is 1. The zero-order valence-corrected chi connectivity index (χ0v) is 99.2. The quantitative estimate of drug-likeness (QED) is 0.0171. The number of halogens is 5. The summed E-state index contributed by atoms with van der Waals surface area (Å²) in [6, 6.07) is 76.5. The molecule has 8 aromatic rings. The lowest BCUT2D eigenvalue weighted by Crippen LogP contribution is -3.00. The van der Waals surface area contributed by atoms with Crippen molar-refractivity contribution in [1.29, 1.82) is 0 Å². The molecule has 0 aliphatic rings. The molecule has 0 saturated heterocycles. The van der Waals surface area contributed by atoms with Crippen molar-refractivity contribution in [2.24, 2.45) is 0 Å². The molecule has 141 heavy (non-hydrogen) atoms. The minimum absolute atomic E-state index is 0. The summed E-state index contributed by atoms with van der Waals surface area (Å²) in [5.74, 6) is 0.326. The first kappa shape index (κ1) is 142. The van der Waals surface area contributed by atoms with Crippen molar-refractivity contribution in [2.45, 2.75) is 178 Å². The van der Waals surface area contributed by atoms with E-state index in [0.717, 1.165) is 81.0 Å². The van der Waals surface area contributed by atoms with Crippen LogP contribution in [0.4, 0.5) is 0 Å². The molecule has 1 atom stereocenters. The van der Waals surface area contributed by atoms with Crippen LogP contribution >= 0.6 is 0 Å². The fourth-order valence-electron chi connectivity index (χ4n) is 18.5. The summed E-state index contributed by atoms with van der Waals surface area (Å²) in [7, 11) is 17.3. The zero-order valence-electron chi connectivity index (χ0n) is 91.2. The molecule has 0 aliphatic heterocycles. The number of aliphatic hydroxyl groups is 4. The van der Waals surface area contributed by atoms with Gasteiger partial charge in [-0.05, 0) is 206 Å². The molecule has 0 amide bonds. The second kappa shape index (κ2) is 87.6. The third-order valence-electron chi connectivity index (χ3n) is 26.2. The van der Waals surface area contributed by atoms with Crippen LogP contribution in [0.5, 0.6) is 5.75 Å². The van der Waals surface area contributed by atoms with Crippen LogP contribution in [0.25, 0.3) is 10.8 Å². The highest BCUT2D eigenvalue weighted by Crippen LogP contribution is 2.28. The number of quaternary nitrogens is 5. The lowest BCUT2D eigenvalue weighted by Gasteiger charge is -2.39. The number of rotatable bonds is 64. The van der Waals surface area contributed by atoms with Crippen LogP contribution in [0.3, 0.4) is 0 Å². The number of unbranched alkanes of at least 4 members (excludes halogenated alkanes) is 4. The van der Waals surface area contributed by atoms with Crippen molar-refractivity contribution in [3.8, 4) is 5.75 Å². The molecule has 0 aromatic heterocycles. The summed E-state index contributed by atoms with van der Waals surface area (Å²) in [5.41, 5.74) is 9.56. The van der Waals surface area contributed by atoms with Gasteiger partial charge in [0, 0.05) is 92.6 Å². The van der Waals surface area contributed by atoms with Crippen molar-refractivity contribution in [3.05, 3.63) is 308 Å². The summed E-state index contributed by atoms with van der Waals surface area (Å²) in [5, 5.41) is 48.9. The Hall–Kier alpha value is -5.46. The molecule has 0 radical (unpaired) electrons. The molecule has 8 aromatic carbocycles. The second-order valence-corrected chi connectivity index (χ2v) is 38.9. The predicted molar refractivity (Wildman–Crippen MR) is 588 cm³/mol. The number of nitrogens with zero attached hydrogens (tertiary/aromatic N) is 12. The molecular weight excluding hydrogens is 2080 g/mol. The fourth-order valence-corrected chi connectivity index (χ4v) is 18.5. The van der Waals surface area contributed by atoms with Crippen molar-refractivity contribution >= 4 is 10.8 Å². The lowest BCUT2D eigenvalue weighted by molar-refractivity contribution is -0.941. The van der Waals surface area contributed by atoms with E-state index in [1.165, 1.54) is 234 Å². The summed E-state index contributed by atoms with van der Waals surface area (Å²) in [6.07, 6.45) is 22.5. The predicted octanol–water partition coefficient (Wildman–Crippen LogP) is 6.15. The molecule has 8 rings (SSSR count). The third kappa shape index (κ3) is 64.4. The van der Waals surface area contributed by atoms with Crippen molar-refractivity contribution in [2.75, 3.05) is 253 Å². The van der Waals surface area contributed by atoms with Gasteiger partial charge in [-0.3, -0.25) is 9.80 Å². The Balaban J connectivity index is -0.000000780. The van der Waals surface area contributed by atoms with Gasteiger partial charge in [0.15, 0.2) is 0 Å². The maximum atomic E-state index is 9.49. The van der Waals surface area contributed by atoms with Crippen molar-refractivity contribution in [1.82, 2.24) is 34.3 Å². The number of phenolic OH excluding ortho intramolecular Hbond substituents is 1. The highest BCUT2D eigenvalue weighted by Gasteiger charge is 2.31. The summed E-state index contributed by atoms with van der Waals surface area (Å²) in [6.45, 7) is 69.7.